The summed E-state index contributed by atoms with van der Waals surface area (Å²) < 4.78 is 38.4. The summed E-state index contributed by atoms with van der Waals surface area (Å²) >= 11 is 3.15. The lowest BCUT2D eigenvalue weighted by atomic mass is 10.1. The van der Waals surface area contributed by atoms with Crippen LogP contribution < -0.4 is 10.0 Å². The van der Waals surface area contributed by atoms with Gasteiger partial charge in [-0.3, -0.25) is 0 Å². The van der Waals surface area contributed by atoms with E-state index in [4.69, 9.17) is 9.15 Å². The Balaban J connectivity index is 2.13. The largest absolute Gasteiger partial charge is 0.452 e. The summed E-state index contributed by atoms with van der Waals surface area (Å²) in [6, 6.07) is 1.25. The number of ether oxygens (including phenoxy) is 1. The molecule has 2 unspecified atom stereocenters. The van der Waals surface area contributed by atoms with Crippen LogP contribution in [0.15, 0.2) is 20.0 Å². The number of nitrogens with one attached hydrogen (secondary N) is 2. The van der Waals surface area contributed by atoms with Crippen molar-refractivity contribution in [3.8, 4) is 0 Å². The fourth-order valence-corrected chi connectivity index (χ4v) is 4.49. The highest BCUT2D eigenvalue weighted by Gasteiger charge is 2.29. The molecule has 0 amide bonds. The fourth-order valence-electron chi connectivity index (χ4n) is 2.22. The minimum atomic E-state index is -3.62. The first-order valence-electron chi connectivity index (χ1n) is 6.51. The molecule has 1 aliphatic heterocycles. The van der Waals surface area contributed by atoms with E-state index in [1.54, 1.807) is 7.05 Å². The summed E-state index contributed by atoms with van der Waals surface area (Å²) in [5.74, 6) is 0.560. The van der Waals surface area contributed by atoms with Crippen molar-refractivity contribution >= 4 is 26.0 Å². The Bertz CT molecular complexity index is 552. The Morgan fingerprint density at radius 1 is 1.55 bits per heavy atom. The van der Waals surface area contributed by atoms with E-state index in [0.717, 1.165) is 12.8 Å². The van der Waals surface area contributed by atoms with Crippen molar-refractivity contribution in [1.29, 1.82) is 0 Å². The molecule has 0 spiro atoms. The highest BCUT2D eigenvalue weighted by Crippen LogP contribution is 2.27. The second-order valence-corrected chi connectivity index (χ2v) is 7.25. The van der Waals surface area contributed by atoms with Crippen LogP contribution in [0.5, 0.6) is 0 Å². The minimum absolute atomic E-state index is 0.0627. The predicted octanol–water partition coefficient (Wildman–Crippen LogP) is 1.61. The van der Waals surface area contributed by atoms with Gasteiger partial charge in [-0.1, -0.05) is 0 Å². The molecule has 2 heterocycles. The van der Waals surface area contributed by atoms with Crippen molar-refractivity contribution in [1.82, 2.24) is 10.0 Å². The second-order valence-electron chi connectivity index (χ2n) is 4.84. The lowest BCUT2D eigenvalue weighted by Gasteiger charge is -2.19. The lowest BCUT2D eigenvalue weighted by molar-refractivity contribution is 0.0902. The van der Waals surface area contributed by atoms with Crippen molar-refractivity contribution in [3.05, 3.63) is 16.5 Å². The van der Waals surface area contributed by atoms with Crippen molar-refractivity contribution in [2.75, 3.05) is 13.7 Å². The molecule has 1 fully saturated rings. The van der Waals surface area contributed by atoms with E-state index in [9.17, 15) is 8.42 Å². The van der Waals surface area contributed by atoms with Gasteiger partial charge in [0.15, 0.2) is 4.67 Å². The average Bonchev–Trinajstić information content (AvgIpc) is 2.98. The van der Waals surface area contributed by atoms with Gasteiger partial charge in [-0.05, 0) is 42.7 Å². The second kappa shape index (κ2) is 6.57. The Morgan fingerprint density at radius 3 is 2.90 bits per heavy atom. The zero-order valence-corrected chi connectivity index (χ0v) is 13.9. The highest BCUT2D eigenvalue weighted by atomic mass is 79.9. The average molecular weight is 367 g/mol. The summed E-state index contributed by atoms with van der Waals surface area (Å²) in [6.45, 7) is 2.98. The van der Waals surface area contributed by atoms with Crippen LogP contribution >= 0.6 is 15.9 Å². The van der Waals surface area contributed by atoms with Gasteiger partial charge in [0.1, 0.15) is 10.7 Å². The van der Waals surface area contributed by atoms with Gasteiger partial charge in [0, 0.05) is 18.7 Å². The molecule has 2 N–H and O–H groups in total. The SMILES string of the molecule is CNCc1cc(S(=O)(=O)NC(C)C2CCCO2)c(Br)o1. The molecular formula is C12H19BrN2O4S. The Labute approximate surface area is 127 Å². The van der Waals surface area contributed by atoms with Gasteiger partial charge in [0.05, 0.1) is 12.6 Å². The maximum Gasteiger partial charge on any atom is 0.245 e. The summed E-state index contributed by atoms with van der Waals surface area (Å²) in [4.78, 5) is 0.118. The molecule has 1 aromatic heterocycles. The Hall–Kier alpha value is -0.410. The van der Waals surface area contributed by atoms with Crippen molar-refractivity contribution in [2.24, 2.45) is 0 Å². The van der Waals surface area contributed by atoms with Crippen LogP contribution in [0.25, 0.3) is 0 Å². The molecule has 0 aromatic carbocycles. The number of hydrogen-bond acceptors (Lipinski definition) is 5. The van der Waals surface area contributed by atoms with Gasteiger partial charge in [-0.25, -0.2) is 13.1 Å². The third kappa shape index (κ3) is 3.62. The predicted molar refractivity (Wildman–Crippen MR) is 77.9 cm³/mol. The summed E-state index contributed by atoms with van der Waals surface area (Å²) in [6.07, 6.45) is 1.78. The Morgan fingerprint density at radius 2 is 2.30 bits per heavy atom. The summed E-state index contributed by atoms with van der Waals surface area (Å²) in [7, 11) is -1.86. The topological polar surface area (TPSA) is 80.6 Å². The molecule has 6 nitrogen and oxygen atoms in total. The molecule has 2 atom stereocenters. The normalized spacial score (nSPS) is 21.2. The molecule has 8 heteroatoms. The number of sulfonamides is 1. The molecule has 0 aliphatic carbocycles. The van der Waals surface area contributed by atoms with Gasteiger partial charge in [0.25, 0.3) is 0 Å². The van der Waals surface area contributed by atoms with Gasteiger partial charge in [0.2, 0.25) is 10.0 Å². The monoisotopic (exact) mass is 366 g/mol. The van der Waals surface area contributed by atoms with Crippen LogP contribution in [0.3, 0.4) is 0 Å². The van der Waals surface area contributed by atoms with E-state index in [1.807, 2.05) is 6.92 Å². The van der Waals surface area contributed by atoms with Crippen LogP contribution in [0, 0.1) is 0 Å². The molecular weight excluding hydrogens is 348 g/mol. The molecule has 1 aliphatic rings. The standard InChI is InChI=1S/C12H19BrN2O4S/c1-8(10-4-3-5-18-10)15-20(16,17)11-6-9(7-14-2)19-12(11)13/h6,8,10,14-15H,3-5,7H2,1-2H3. The van der Waals surface area contributed by atoms with Crippen molar-refractivity contribution in [3.63, 3.8) is 0 Å². The molecule has 1 aromatic rings. The highest BCUT2D eigenvalue weighted by molar-refractivity contribution is 9.10. The first kappa shape index (κ1) is 16.0. The van der Waals surface area contributed by atoms with Crippen LogP contribution in [0.4, 0.5) is 0 Å². The third-order valence-corrected chi connectivity index (χ3v) is 5.63. The maximum atomic E-state index is 12.4. The van der Waals surface area contributed by atoms with E-state index in [2.05, 4.69) is 26.0 Å². The molecule has 1 saturated heterocycles. The smallest absolute Gasteiger partial charge is 0.245 e. The van der Waals surface area contributed by atoms with Crippen LogP contribution in [-0.4, -0.2) is 34.2 Å². The van der Waals surface area contributed by atoms with Gasteiger partial charge >= 0.3 is 0 Å². The first-order chi connectivity index (χ1) is 9.44. The maximum absolute atomic E-state index is 12.4. The van der Waals surface area contributed by atoms with E-state index in [-0.39, 0.29) is 21.7 Å². The Kier molecular flexibility index (Phi) is 5.25. The van der Waals surface area contributed by atoms with Crippen LogP contribution in [0.2, 0.25) is 0 Å². The number of furan rings is 1. The fraction of sp³-hybridized carbons (Fsp3) is 0.667. The van der Waals surface area contributed by atoms with E-state index < -0.39 is 10.0 Å². The number of halogens is 1. The zero-order valence-electron chi connectivity index (χ0n) is 11.5. The molecule has 114 valence electrons. The molecule has 0 radical (unpaired) electrons. The molecule has 2 rings (SSSR count). The third-order valence-electron chi connectivity index (χ3n) is 3.21. The summed E-state index contributed by atoms with van der Waals surface area (Å²) in [5.41, 5.74) is 0. The minimum Gasteiger partial charge on any atom is -0.452 e. The van der Waals surface area contributed by atoms with Gasteiger partial charge < -0.3 is 14.5 Å². The molecule has 0 saturated carbocycles. The van der Waals surface area contributed by atoms with E-state index >= 15 is 0 Å². The van der Waals surface area contributed by atoms with E-state index in [1.165, 1.54) is 6.07 Å². The van der Waals surface area contributed by atoms with Gasteiger partial charge in [-0.2, -0.15) is 0 Å². The zero-order chi connectivity index (χ0) is 14.8. The number of hydrogen-bond donors (Lipinski definition) is 2. The first-order valence-corrected chi connectivity index (χ1v) is 8.78. The van der Waals surface area contributed by atoms with E-state index in [0.29, 0.717) is 18.9 Å². The molecule has 0 bridgehead atoms. The quantitative estimate of drug-likeness (QED) is 0.799. The van der Waals surface area contributed by atoms with Crippen molar-refractivity contribution in [2.45, 2.75) is 43.4 Å². The van der Waals surface area contributed by atoms with Crippen LogP contribution in [-0.2, 0) is 21.3 Å². The summed E-state index contributed by atoms with van der Waals surface area (Å²) in [5, 5.41) is 2.91. The van der Waals surface area contributed by atoms with Gasteiger partial charge in [-0.15, -0.1) is 0 Å². The van der Waals surface area contributed by atoms with Crippen molar-refractivity contribution < 1.29 is 17.6 Å². The molecule has 20 heavy (non-hydrogen) atoms. The lowest BCUT2D eigenvalue weighted by Crippen LogP contribution is -2.40. The number of rotatable bonds is 6. The van der Waals surface area contributed by atoms with Crippen LogP contribution in [0.1, 0.15) is 25.5 Å².